The lowest BCUT2D eigenvalue weighted by Crippen LogP contribution is -2.07. The monoisotopic (exact) mass is 314 g/mol. The number of rotatable bonds is 5. The van der Waals surface area contributed by atoms with Crippen LogP contribution in [0.1, 0.15) is 34.4 Å². The van der Waals surface area contributed by atoms with Crippen molar-refractivity contribution >= 4 is 5.82 Å². The summed E-state index contributed by atoms with van der Waals surface area (Å²) >= 11 is 0. The first-order chi connectivity index (χ1) is 11.1. The molecule has 7 heteroatoms. The van der Waals surface area contributed by atoms with E-state index in [2.05, 4.69) is 15.6 Å². The van der Waals surface area contributed by atoms with Crippen LogP contribution in [0.25, 0.3) is 0 Å². The topological polar surface area (TPSA) is 81.5 Å². The van der Waals surface area contributed by atoms with Crippen molar-refractivity contribution < 1.29 is 13.7 Å². The molecule has 1 aliphatic heterocycles. The van der Waals surface area contributed by atoms with E-state index in [-0.39, 0.29) is 12.3 Å². The fraction of sp³-hybridized carbons (Fsp3) is 0.375. The lowest BCUT2D eigenvalue weighted by Gasteiger charge is -2.01. The molecule has 1 N–H and O–H groups in total. The second-order valence-electron chi connectivity index (χ2n) is 5.76. The van der Waals surface area contributed by atoms with Crippen LogP contribution in [0.3, 0.4) is 0 Å². The van der Waals surface area contributed by atoms with Crippen molar-refractivity contribution in [2.75, 3.05) is 5.32 Å². The van der Waals surface area contributed by atoms with E-state index in [0.717, 1.165) is 34.2 Å². The molecule has 0 saturated carbocycles. The molecule has 0 bridgehead atoms. The maximum atomic E-state index is 5.65. The predicted molar refractivity (Wildman–Crippen MR) is 82.0 cm³/mol. The minimum absolute atomic E-state index is 0.0291. The molecule has 2 atom stereocenters. The number of anilines is 1. The van der Waals surface area contributed by atoms with E-state index in [1.54, 1.807) is 6.26 Å². The van der Waals surface area contributed by atoms with Crippen LogP contribution in [0.15, 0.2) is 33.5 Å². The number of ether oxygens (including phenoxy) is 1. The minimum Gasteiger partial charge on any atom is -0.469 e. The first kappa shape index (κ1) is 14.1. The fourth-order valence-electron chi connectivity index (χ4n) is 2.71. The number of aromatic nitrogens is 3. The normalized spacial score (nSPS) is 20.0. The standard InChI is InChI=1S/C16H18N4O3/c1-9-13(11(3)23-19-9)8-20-6-4-14(18-20)17-16-15(22-16)12-5-7-21-10(12)2/h4-7,15-16H,8H2,1-3H3,(H,17,18). The summed E-state index contributed by atoms with van der Waals surface area (Å²) in [5, 5.41) is 11.8. The van der Waals surface area contributed by atoms with Crippen molar-refractivity contribution in [2.24, 2.45) is 0 Å². The Bertz CT molecular complexity index is 813. The smallest absolute Gasteiger partial charge is 0.160 e. The molecule has 0 aliphatic carbocycles. The summed E-state index contributed by atoms with van der Waals surface area (Å²) in [5.74, 6) is 2.50. The molecule has 120 valence electrons. The minimum atomic E-state index is -0.0614. The molecule has 0 radical (unpaired) electrons. The third kappa shape index (κ3) is 2.63. The van der Waals surface area contributed by atoms with Crippen molar-refractivity contribution in [3.8, 4) is 0 Å². The van der Waals surface area contributed by atoms with E-state index < -0.39 is 0 Å². The summed E-state index contributed by atoms with van der Waals surface area (Å²) in [6.45, 7) is 6.42. The Morgan fingerprint density at radius 1 is 1.22 bits per heavy atom. The highest BCUT2D eigenvalue weighted by Crippen LogP contribution is 2.40. The van der Waals surface area contributed by atoms with Gasteiger partial charge in [-0.15, -0.1) is 0 Å². The highest BCUT2D eigenvalue weighted by Gasteiger charge is 2.42. The van der Waals surface area contributed by atoms with Gasteiger partial charge >= 0.3 is 0 Å². The molecule has 0 spiro atoms. The summed E-state index contributed by atoms with van der Waals surface area (Å²) in [4.78, 5) is 0. The van der Waals surface area contributed by atoms with Gasteiger partial charge in [-0.1, -0.05) is 5.16 Å². The van der Waals surface area contributed by atoms with Gasteiger partial charge in [-0.05, 0) is 26.8 Å². The number of aryl methyl sites for hydroxylation is 3. The number of epoxide rings is 1. The Labute approximate surface area is 133 Å². The van der Waals surface area contributed by atoms with Crippen molar-refractivity contribution in [2.45, 2.75) is 39.6 Å². The van der Waals surface area contributed by atoms with Crippen LogP contribution in [0.2, 0.25) is 0 Å². The number of hydrogen-bond donors (Lipinski definition) is 1. The van der Waals surface area contributed by atoms with Gasteiger partial charge in [0.1, 0.15) is 23.4 Å². The second kappa shape index (κ2) is 5.27. The number of nitrogens with one attached hydrogen (secondary N) is 1. The zero-order valence-corrected chi connectivity index (χ0v) is 13.2. The van der Waals surface area contributed by atoms with Crippen molar-refractivity contribution in [1.29, 1.82) is 0 Å². The van der Waals surface area contributed by atoms with E-state index in [9.17, 15) is 0 Å². The number of furan rings is 1. The second-order valence-corrected chi connectivity index (χ2v) is 5.76. The summed E-state index contributed by atoms with van der Waals surface area (Å²) in [5.41, 5.74) is 3.04. The molecule has 7 nitrogen and oxygen atoms in total. The summed E-state index contributed by atoms with van der Waals surface area (Å²) in [7, 11) is 0. The molecular formula is C16H18N4O3. The Hall–Kier alpha value is -2.54. The van der Waals surface area contributed by atoms with Gasteiger partial charge in [0.2, 0.25) is 0 Å². The first-order valence-corrected chi connectivity index (χ1v) is 7.53. The molecule has 23 heavy (non-hydrogen) atoms. The van der Waals surface area contributed by atoms with Gasteiger partial charge in [0.05, 0.1) is 18.5 Å². The van der Waals surface area contributed by atoms with Crippen LogP contribution < -0.4 is 5.32 Å². The maximum absolute atomic E-state index is 5.65. The van der Waals surface area contributed by atoms with E-state index in [0.29, 0.717) is 6.54 Å². The number of hydrogen-bond acceptors (Lipinski definition) is 6. The zero-order valence-electron chi connectivity index (χ0n) is 13.2. The van der Waals surface area contributed by atoms with Crippen LogP contribution in [0.5, 0.6) is 0 Å². The molecule has 1 aliphatic rings. The zero-order chi connectivity index (χ0) is 16.0. The van der Waals surface area contributed by atoms with Gasteiger partial charge in [0.15, 0.2) is 6.23 Å². The third-order valence-corrected chi connectivity index (χ3v) is 4.13. The maximum Gasteiger partial charge on any atom is 0.160 e. The largest absolute Gasteiger partial charge is 0.469 e. The van der Waals surface area contributed by atoms with Crippen LogP contribution >= 0.6 is 0 Å². The van der Waals surface area contributed by atoms with Crippen molar-refractivity contribution in [3.63, 3.8) is 0 Å². The Morgan fingerprint density at radius 2 is 2.09 bits per heavy atom. The summed E-state index contributed by atoms with van der Waals surface area (Å²) < 4.78 is 18.0. The quantitative estimate of drug-likeness (QED) is 0.729. The lowest BCUT2D eigenvalue weighted by molar-refractivity contribution is 0.383. The number of nitrogens with zero attached hydrogens (tertiary/aromatic N) is 3. The first-order valence-electron chi connectivity index (χ1n) is 7.53. The van der Waals surface area contributed by atoms with Gasteiger partial charge in [0.25, 0.3) is 0 Å². The molecule has 3 aromatic heterocycles. The molecule has 1 saturated heterocycles. The molecule has 4 heterocycles. The lowest BCUT2D eigenvalue weighted by atomic mass is 10.2. The Balaban J connectivity index is 1.41. The van der Waals surface area contributed by atoms with Gasteiger partial charge in [-0.25, -0.2) is 0 Å². The average Bonchev–Trinajstić information content (AvgIpc) is 2.85. The van der Waals surface area contributed by atoms with Gasteiger partial charge in [0, 0.05) is 23.4 Å². The van der Waals surface area contributed by atoms with Crippen molar-refractivity contribution in [3.05, 3.63) is 52.9 Å². The van der Waals surface area contributed by atoms with E-state index in [1.807, 2.05) is 43.8 Å². The van der Waals surface area contributed by atoms with E-state index >= 15 is 0 Å². The summed E-state index contributed by atoms with van der Waals surface area (Å²) in [6, 6.07) is 3.87. The molecular weight excluding hydrogens is 296 g/mol. The molecule has 4 rings (SSSR count). The molecule has 3 aromatic rings. The van der Waals surface area contributed by atoms with E-state index in [1.165, 1.54) is 0 Å². The van der Waals surface area contributed by atoms with Gasteiger partial charge in [-0.3, -0.25) is 4.68 Å². The van der Waals surface area contributed by atoms with Crippen LogP contribution in [-0.4, -0.2) is 21.2 Å². The van der Waals surface area contributed by atoms with Crippen molar-refractivity contribution in [1.82, 2.24) is 14.9 Å². The highest BCUT2D eigenvalue weighted by atomic mass is 16.6. The molecule has 2 unspecified atom stereocenters. The fourth-order valence-corrected chi connectivity index (χ4v) is 2.71. The SMILES string of the molecule is Cc1noc(C)c1Cn1ccc(NC2OC2c2ccoc2C)n1. The van der Waals surface area contributed by atoms with Crippen LogP contribution in [0.4, 0.5) is 5.82 Å². The third-order valence-electron chi connectivity index (χ3n) is 4.13. The van der Waals surface area contributed by atoms with Gasteiger partial charge < -0.3 is 19.0 Å². The van der Waals surface area contributed by atoms with E-state index in [4.69, 9.17) is 13.7 Å². The van der Waals surface area contributed by atoms with Gasteiger partial charge in [-0.2, -0.15) is 5.10 Å². The molecule has 0 amide bonds. The Kier molecular flexibility index (Phi) is 3.23. The Morgan fingerprint density at radius 3 is 2.78 bits per heavy atom. The molecule has 1 fully saturated rings. The van der Waals surface area contributed by atoms with Crippen LogP contribution in [0, 0.1) is 20.8 Å². The van der Waals surface area contributed by atoms with Crippen LogP contribution in [-0.2, 0) is 11.3 Å². The highest BCUT2D eigenvalue weighted by molar-refractivity contribution is 5.37. The predicted octanol–water partition coefficient (Wildman–Crippen LogP) is 2.95. The average molecular weight is 314 g/mol. The summed E-state index contributed by atoms with van der Waals surface area (Å²) in [6.07, 6.45) is 3.58. The molecule has 0 aromatic carbocycles.